The Kier molecular flexibility index (Phi) is 2.53. The molecule has 2 fully saturated rings. The van der Waals surface area contributed by atoms with Gasteiger partial charge in [-0.15, -0.1) is 11.6 Å². The first-order chi connectivity index (χ1) is 6.91. The Bertz CT molecular complexity index is 289. The topological polar surface area (TPSA) is 29.1 Å². The lowest BCUT2D eigenvalue weighted by molar-refractivity contribution is -0.120. The average Bonchev–Trinajstić information content (AvgIpc) is 2.50. The van der Waals surface area contributed by atoms with Gasteiger partial charge in [0.1, 0.15) is 5.88 Å². The van der Waals surface area contributed by atoms with Gasteiger partial charge in [0, 0.05) is 6.04 Å². The Hall–Kier alpha value is -0.240. The Balaban J connectivity index is 2.15. The van der Waals surface area contributed by atoms with E-state index >= 15 is 0 Å². The minimum Gasteiger partial charge on any atom is -0.352 e. The van der Waals surface area contributed by atoms with E-state index in [1.807, 2.05) is 0 Å². The number of fused-ring (bicyclic) bond motifs is 2. The van der Waals surface area contributed by atoms with Crippen LogP contribution < -0.4 is 5.32 Å². The van der Waals surface area contributed by atoms with Gasteiger partial charge in [-0.3, -0.25) is 4.79 Å². The lowest BCUT2D eigenvalue weighted by atomic mass is 9.69. The SMILES string of the molecule is CC1(C)[C@@H]2CC[C@@]1(C)C(NC(=O)CCl)C2. The molecule has 0 aromatic heterocycles. The Morgan fingerprint density at radius 1 is 1.47 bits per heavy atom. The fraction of sp³-hybridized carbons (Fsp3) is 0.917. The highest BCUT2D eigenvalue weighted by atomic mass is 35.5. The lowest BCUT2D eigenvalue weighted by Crippen LogP contribution is -2.47. The van der Waals surface area contributed by atoms with Gasteiger partial charge >= 0.3 is 0 Å². The summed E-state index contributed by atoms with van der Waals surface area (Å²) >= 11 is 5.54. The molecule has 2 aliphatic rings. The van der Waals surface area contributed by atoms with Crippen molar-refractivity contribution in [3.05, 3.63) is 0 Å². The highest BCUT2D eigenvalue weighted by Crippen LogP contribution is 2.65. The van der Waals surface area contributed by atoms with E-state index in [2.05, 4.69) is 26.1 Å². The van der Waals surface area contributed by atoms with Gasteiger partial charge in [-0.2, -0.15) is 0 Å². The van der Waals surface area contributed by atoms with Crippen LogP contribution in [0.4, 0.5) is 0 Å². The van der Waals surface area contributed by atoms with Crippen LogP contribution in [0.1, 0.15) is 40.0 Å². The summed E-state index contributed by atoms with van der Waals surface area (Å²) in [6.07, 6.45) is 3.68. The lowest BCUT2D eigenvalue weighted by Gasteiger charge is -2.39. The molecule has 86 valence electrons. The highest BCUT2D eigenvalue weighted by Gasteiger charge is 2.61. The van der Waals surface area contributed by atoms with Gasteiger partial charge in [-0.1, -0.05) is 20.8 Å². The zero-order valence-corrected chi connectivity index (χ0v) is 10.5. The second-order valence-corrected chi connectivity index (χ2v) is 6.13. The molecule has 3 heteroatoms. The quantitative estimate of drug-likeness (QED) is 0.725. The molecule has 1 amide bonds. The van der Waals surface area contributed by atoms with Gasteiger partial charge < -0.3 is 5.32 Å². The van der Waals surface area contributed by atoms with Crippen molar-refractivity contribution in [2.45, 2.75) is 46.1 Å². The van der Waals surface area contributed by atoms with Gasteiger partial charge in [0.25, 0.3) is 0 Å². The van der Waals surface area contributed by atoms with Crippen LogP contribution in [-0.4, -0.2) is 17.8 Å². The van der Waals surface area contributed by atoms with E-state index in [1.54, 1.807) is 0 Å². The molecule has 0 aromatic rings. The van der Waals surface area contributed by atoms with Crippen LogP contribution >= 0.6 is 11.6 Å². The third kappa shape index (κ3) is 1.41. The zero-order chi connectivity index (χ0) is 11.3. The van der Waals surface area contributed by atoms with Crippen LogP contribution in [0.25, 0.3) is 0 Å². The average molecular weight is 230 g/mol. The van der Waals surface area contributed by atoms with Gasteiger partial charge in [0.05, 0.1) is 0 Å². The molecule has 2 nitrogen and oxygen atoms in total. The summed E-state index contributed by atoms with van der Waals surface area (Å²) in [5.41, 5.74) is 0.622. The molecule has 3 atom stereocenters. The molecule has 15 heavy (non-hydrogen) atoms. The molecule has 0 heterocycles. The number of alkyl halides is 1. The standard InChI is InChI=1S/C12H20ClNO/c1-11(2)8-4-5-12(11,3)9(6-8)14-10(15)7-13/h8-9H,4-7H2,1-3H3,(H,14,15)/t8-,9?,12+/m1/s1. The number of rotatable bonds is 2. The van der Waals surface area contributed by atoms with Crippen molar-refractivity contribution in [1.29, 1.82) is 0 Å². The molecule has 0 saturated heterocycles. The molecule has 1 unspecified atom stereocenters. The molecular weight excluding hydrogens is 210 g/mol. The molecule has 2 rings (SSSR count). The van der Waals surface area contributed by atoms with E-state index in [1.165, 1.54) is 12.8 Å². The maximum Gasteiger partial charge on any atom is 0.235 e. The third-order valence-electron chi connectivity index (χ3n) is 5.25. The Morgan fingerprint density at radius 3 is 2.53 bits per heavy atom. The fourth-order valence-corrected chi connectivity index (χ4v) is 3.73. The number of carbonyl (C=O) groups excluding carboxylic acids is 1. The summed E-state index contributed by atoms with van der Waals surface area (Å²) < 4.78 is 0. The largest absolute Gasteiger partial charge is 0.352 e. The van der Waals surface area contributed by atoms with E-state index in [0.717, 1.165) is 12.3 Å². The summed E-state index contributed by atoms with van der Waals surface area (Å²) in [5, 5.41) is 3.09. The molecule has 2 bridgehead atoms. The van der Waals surface area contributed by atoms with Crippen molar-refractivity contribution in [1.82, 2.24) is 5.32 Å². The van der Waals surface area contributed by atoms with Crippen LogP contribution in [0.2, 0.25) is 0 Å². The maximum atomic E-state index is 11.4. The van der Waals surface area contributed by atoms with Crippen molar-refractivity contribution in [3.63, 3.8) is 0 Å². The number of amides is 1. The number of nitrogens with one attached hydrogen (secondary N) is 1. The summed E-state index contributed by atoms with van der Waals surface area (Å²) in [6.45, 7) is 7.01. The predicted molar refractivity (Wildman–Crippen MR) is 61.9 cm³/mol. The van der Waals surface area contributed by atoms with Crippen molar-refractivity contribution in [2.24, 2.45) is 16.7 Å². The predicted octanol–water partition coefficient (Wildman–Crippen LogP) is 2.56. The van der Waals surface area contributed by atoms with E-state index < -0.39 is 0 Å². The van der Waals surface area contributed by atoms with Crippen molar-refractivity contribution >= 4 is 17.5 Å². The zero-order valence-electron chi connectivity index (χ0n) is 9.77. The summed E-state index contributed by atoms with van der Waals surface area (Å²) in [5.74, 6) is 0.826. The van der Waals surface area contributed by atoms with Crippen LogP contribution in [0.5, 0.6) is 0 Å². The van der Waals surface area contributed by atoms with Gasteiger partial charge in [0.2, 0.25) is 5.91 Å². The second-order valence-electron chi connectivity index (χ2n) is 5.86. The number of hydrogen-bond acceptors (Lipinski definition) is 1. The molecule has 0 spiro atoms. The van der Waals surface area contributed by atoms with Crippen molar-refractivity contribution < 1.29 is 4.79 Å². The molecular formula is C12H20ClNO. The van der Waals surface area contributed by atoms with E-state index in [4.69, 9.17) is 11.6 Å². The van der Waals surface area contributed by atoms with Crippen molar-refractivity contribution in [2.75, 3.05) is 5.88 Å². The molecule has 0 radical (unpaired) electrons. The molecule has 1 N–H and O–H groups in total. The first kappa shape index (κ1) is 11.3. The maximum absolute atomic E-state index is 11.4. The van der Waals surface area contributed by atoms with Gasteiger partial charge in [0.15, 0.2) is 0 Å². The van der Waals surface area contributed by atoms with Gasteiger partial charge in [-0.05, 0) is 36.0 Å². The normalized spacial score (nSPS) is 41.9. The number of halogens is 1. The van der Waals surface area contributed by atoms with Crippen LogP contribution in [-0.2, 0) is 4.79 Å². The third-order valence-corrected chi connectivity index (χ3v) is 5.49. The number of carbonyl (C=O) groups is 1. The van der Waals surface area contributed by atoms with E-state index in [-0.39, 0.29) is 17.2 Å². The highest BCUT2D eigenvalue weighted by molar-refractivity contribution is 6.27. The van der Waals surface area contributed by atoms with Crippen LogP contribution in [0.15, 0.2) is 0 Å². The minimum absolute atomic E-state index is 0.0220. The molecule has 2 saturated carbocycles. The fourth-order valence-electron chi connectivity index (χ4n) is 3.65. The van der Waals surface area contributed by atoms with Crippen LogP contribution in [0.3, 0.4) is 0 Å². The summed E-state index contributed by atoms with van der Waals surface area (Å²) in [7, 11) is 0. The summed E-state index contributed by atoms with van der Waals surface area (Å²) in [6, 6.07) is 0.331. The van der Waals surface area contributed by atoms with Crippen LogP contribution in [0, 0.1) is 16.7 Å². The van der Waals surface area contributed by atoms with Gasteiger partial charge in [-0.25, -0.2) is 0 Å². The summed E-state index contributed by atoms with van der Waals surface area (Å²) in [4.78, 5) is 11.4. The number of hydrogen-bond donors (Lipinski definition) is 1. The molecule has 2 aliphatic carbocycles. The minimum atomic E-state index is -0.0220. The monoisotopic (exact) mass is 229 g/mol. The van der Waals surface area contributed by atoms with Crippen molar-refractivity contribution in [3.8, 4) is 0 Å². The second kappa shape index (κ2) is 3.38. The first-order valence-electron chi connectivity index (χ1n) is 5.77. The first-order valence-corrected chi connectivity index (χ1v) is 6.30. The smallest absolute Gasteiger partial charge is 0.235 e. The molecule has 0 aliphatic heterocycles. The molecule has 0 aromatic carbocycles. The Morgan fingerprint density at radius 2 is 2.13 bits per heavy atom. The Labute approximate surface area is 96.8 Å². The van der Waals surface area contributed by atoms with E-state index in [0.29, 0.717) is 11.5 Å². The van der Waals surface area contributed by atoms with E-state index in [9.17, 15) is 4.79 Å².